The highest BCUT2D eigenvalue weighted by atomic mass is 16.5. The molecular formula is C15H20N4O2. The number of benzene rings is 1. The molecule has 2 N–H and O–H groups in total. The number of ether oxygens (including phenoxy) is 1. The van der Waals surface area contributed by atoms with Crippen molar-refractivity contribution >= 4 is 6.03 Å². The largest absolute Gasteiger partial charge is 0.497 e. The second kappa shape index (κ2) is 6.78. The van der Waals surface area contributed by atoms with E-state index in [1.54, 1.807) is 13.3 Å². The molecule has 0 saturated heterocycles. The number of aryl methyl sites for hydroxylation is 1. The number of nitrogens with one attached hydrogen (secondary N) is 2. The molecular weight excluding hydrogens is 268 g/mol. The molecule has 6 heteroatoms. The van der Waals surface area contributed by atoms with Crippen LogP contribution in [0.4, 0.5) is 4.79 Å². The van der Waals surface area contributed by atoms with Crippen LogP contribution in [0.2, 0.25) is 0 Å². The molecule has 0 saturated carbocycles. The fourth-order valence-corrected chi connectivity index (χ4v) is 2.09. The van der Waals surface area contributed by atoms with Crippen LogP contribution in [0.15, 0.2) is 36.7 Å². The Morgan fingerprint density at radius 1 is 1.38 bits per heavy atom. The van der Waals surface area contributed by atoms with Gasteiger partial charge in [-0.3, -0.25) is 0 Å². The van der Waals surface area contributed by atoms with Crippen molar-refractivity contribution in [1.29, 1.82) is 0 Å². The summed E-state index contributed by atoms with van der Waals surface area (Å²) in [5, 5.41) is 5.68. The molecule has 1 heterocycles. The quantitative estimate of drug-likeness (QED) is 0.882. The average molecular weight is 288 g/mol. The Kier molecular flexibility index (Phi) is 4.81. The molecule has 1 unspecified atom stereocenters. The summed E-state index contributed by atoms with van der Waals surface area (Å²) in [6, 6.07) is 7.04. The Labute approximate surface area is 124 Å². The SMILES string of the molecule is CCNC(=O)NC(c1ccc(OC)cc1)c1nccn1C. The number of rotatable bonds is 5. The average Bonchev–Trinajstić information content (AvgIpc) is 2.91. The third-order valence-corrected chi connectivity index (χ3v) is 3.18. The van der Waals surface area contributed by atoms with Gasteiger partial charge in [-0.1, -0.05) is 12.1 Å². The molecule has 2 aromatic rings. The lowest BCUT2D eigenvalue weighted by Gasteiger charge is -2.19. The van der Waals surface area contributed by atoms with E-state index in [4.69, 9.17) is 4.74 Å². The minimum absolute atomic E-state index is 0.221. The number of imidazole rings is 1. The standard InChI is InChI=1S/C15H20N4O2/c1-4-16-15(20)18-13(14-17-9-10-19(14)2)11-5-7-12(21-3)8-6-11/h5-10,13H,4H2,1-3H3,(H2,16,18,20). The lowest BCUT2D eigenvalue weighted by molar-refractivity contribution is 0.238. The maximum absolute atomic E-state index is 11.9. The molecule has 0 aliphatic heterocycles. The van der Waals surface area contributed by atoms with Crippen LogP contribution < -0.4 is 15.4 Å². The van der Waals surface area contributed by atoms with Crippen molar-refractivity contribution in [2.45, 2.75) is 13.0 Å². The monoisotopic (exact) mass is 288 g/mol. The molecule has 1 aromatic carbocycles. The van der Waals surface area contributed by atoms with E-state index in [-0.39, 0.29) is 12.1 Å². The highest BCUT2D eigenvalue weighted by Gasteiger charge is 2.20. The molecule has 0 fully saturated rings. The first-order chi connectivity index (χ1) is 10.2. The maximum atomic E-state index is 11.9. The normalized spacial score (nSPS) is 11.8. The summed E-state index contributed by atoms with van der Waals surface area (Å²) in [7, 11) is 3.52. The van der Waals surface area contributed by atoms with E-state index in [2.05, 4.69) is 15.6 Å². The summed E-state index contributed by atoms with van der Waals surface area (Å²) in [6.07, 6.45) is 3.57. The second-order valence-electron chi connectivity index (χ2n) is 4.61. The maximum Gasteiger partial charge on any atom is 0.315 e. The molecule has 0 radical (unpaired) electrons. The van der Waals surface area contributed by atoms with Crippen LogP contribution in [-0.2, 0) is 7.05 Å². The Morgan fingerprint density at radius 3 is 2.62 bits per heavy atom. The number of carbonyl (C=O) groups excluding carboxylic acids is 1. The highest BCUT2D eigenvalue weighted by Crippen LogP contribution is 2.22. The second-order valence-corrected chi connectivity index (χ2v) is 4.61. The fraction of sp³-hybridized carbons (Fsp3) is 0.333. The Morgan fingerprint density at radius 2 is 2.10 bits per heavy atom. The number of amides is 2. The molecule has 2 rings (SSSR count). The smallest absolute Gasteiger partial charge is 0.315 e. The summed E-state index contributed by atoms with van der Waals surface area (Å²) in [6.45, 7) is 2.45. The molecule has 0 bridgehead atoms. The van der Waals surface area contributed by atoms with Gasteiger partial charge in [0.15, 0.2) is 0 Å². The third kappa shape index (κ3) is 3.53. The van der Waals surface area contributed by atoms with Gasteiger partial charge in [0.25, 0.3) is 0 Å². The number of carbonyl (C=O) groups is 1. The van der Waals surface area contributed by atoms with Gasteiger partial charge in [-0.25, -0.2) is 9.78 Å². The van der Waals surface area contributed by atoms with Crippen molar-refractivity contribution in [2.24, 2.45) is 7.05 Å². The number of methoxy groups -OCH3 is 1. The number of hydrogen-bond acceptors (Lipinski definition) is 3. The lowest BCUT2D eigenvalue weighted by atomic mass is 10.1. The van der Waals surface area contributed by atoms with Gasteiger partial charge < -0.3 is 19.9 Å². The number of hydrogen-bond donors (Lipinski definition) is 2. The van der Waals surface area contributed by atoms with Gasteiger partial charge >= 0.3 is 6.03 Å². The topological polar surface area (TPSA) is 68.2 Å². The van der Waals surface area contributed by atoms with Crippen LogP contribution in [0.5, 0.6) is 5.75 Å². The van der Waals surface area contributed by atoms with Crippen molar-refractivity contribution in [3.8, 4) is 5.75 Å². The highest BCUT2D eigenvalue weighted by molar-refractivity contribution is 5.74. The van der Waals surface area contributed by atoms with Gasteiger partial charge in [0.1, 0.15) is 17.6 Å². The van der Waals surface area contributed by atoms with E-state index in [9.17, 15) is 4.79 Å². The lowest BCUT2D eigenvalue weighted by Crippen LogP contribution is -2.39. The zero-order chi connectivity index (χ0) is 15.2. The summed E-state index contributed by atoms with van der Waals surface area (Å²) in [4.78, 5) is 16.2. The zero-order valence-electron chi connectivity index (χ0n) is 12.5. The predicted molar refractivity (Wildman–Crippen MR) is 80.3 cm³/mol. The summed E-state index contributed by atoms with van der Waals surface area (Å²) < 4.78 is 7.05. The summed E-state index contributed by atoms with van der Waals surface area (Å²) in [5.74, 6) is 1.54. The molecule has 21 heavy (non-hydrogen) atoms. The van der Waals surface area contributed by atoms with Crippen molar-refractivity contribution in [3.63, 3.8) is 0 Å². The van der Waals surface area contributed by atoms with Crippen LogP contribution in [0.25, 0.3) is 0 Å². The Balaban J connectivity index is 2.30. The number of urea groups is 1. The first kappa shape index (κ1) is 14.9. The minimum atomic E-state index is -0.317. The first-order valence-electron chi connectivity index (χ1n) is 6.81. The van der Waals surface area contributed by atoms with E-state index in [0.717, 1.165) is 17.1 Å². The summed E-state index contributed by atoms with van der Waals surface area (Å²) >= 11 is 0. The number of aromatic nitrogens is 2. The molecule has 112 valence electrons. The molecule has 0 aliphatic rings. The molecule has 6 nitrogen and oxygen atoms in total. The van der Waals surface area contributed by atoms with Gasteiger partial charge in [0, 0.05) is 26.0 Å². The first-order valence-corrected chi connectivity index (χ1v) is 6.81. The molecule has 0 spiro atoms. The van der Waals surface area contributed by atoms with Crippen molar-refractivity contribution in [3.05, 3.63) is 48.0 Å². The van der Waals surface area contributed by atoms with Crippen molar-refractivity contribution in [2.75, 3.05) is 13.7 Å². The van der Waals surface area contributed by atoms with E-state index < -0.39 is 0 Å². The van der Waals surface area contributed by atoms with Crippen molar-refractivity contribution < 1.29 is 9.53 Å². The molecule has 1 atom stereocenters. The van der Waals surface area contributed by atoms with E-state index in [1.807, 2.05) is 49.0 Å². The van der Waals surface area contributed by atoms with E-state index >= 15 is 0 Å². The van der Waals surface area contributed by atoms with Crippen LogP contribution in [0.3, 0.4) is 0 Å². The fourth-order valence-electron chi connectivity index (χ4n) is 2.09. The van der Waals surface area contributed by atoms with Crippen LogP contribution >= 0.6 is 0 Å². The minimum Gasteiger partial charge on any atom is -0.497 e. The van der Waals surface area contributed by atoms with Crippen LogP contribution in [-0.4, -0.2) is 29.2 Å². The molecule has 1 aromatic heterocycles. The van der Waals surface area contributed by atoms with E-state index in [0.29, 0.717) is 6.54 Å². The van der Waals surface area contributed by atoms with E-state index in [1.165, 1.54) is 0 Å². The van der Waals surface area contributed by atoms with Gasteiger partial charge in [-0.2, -0.15) is 0 Å². The Bertz CT molecular complexity index is 592. The summed E-state index contributed by atoms with van der Waals surface area (Å²) in [5.41, 5.74) is 0.941. The molecule has 0 aliphatic carbocycles. The Hall–Kier alpha value is -2.50. The third-order valence-electron chi connectivity index (χ3n) is 3.18. The van der Waals surface area contributed by atoms with Gasteiger partial charge in [0.05, 0.1) is 7.11 Å². The van der Waals surface area contributed by atoms with Crippen molar-refractivity contribution in [1.82, 2.24) is 20.2 Å². The van der Waals surface area contributed by atoms with Gasteiger partial charge in [-0.05, 0) is 24.6 Å². The van der Waals surface area contributed by atoms with Gasteiger partial charge in [0.2, 0.25) is 0 Å². The molecule has 2 amide bonds. The van der Waals surface area contributed by atoms with Crippen LogP contribution in [0, 0.1) is 0 Å². The zero-order valence-corrected chi connectivity index (χ0v) is 12.5. The van der Waals surface area contributed by atoms with Crippen LogP contribution in [0.1, 0.15) is 24.4 Å². The number of nitrogens with zero attached hydrogens (tertiary/aromatic N) is 2. The van der Waals surface area contributed by atoms with Gasteiger partial charge in [-0.15, -0.1) is 0 Å². The predicted octanol–water partition coefficient (Wildman–Crippen LogP) is 1.84.